The quantitative estimate of drug-likeness (QED) is 0.0380. The molecule has 16 nitrogen and oxygen atoms in total. The number of hydrogen-bond donors (Lipinski definition) is 3. The van der Waals surface area contributed by atoms with Crippen LogP contribution in [0.2, 0.25) is 5.02 Å². The number of amides is 3. The minimum Gasteiger partial charge on any atom is -0.380 e. The van der Waals surface area contributed by atoms with Crippen molar-refractivity contribution in [3.05, 3.63) is 148 Å². The second-order valence-electron chi connectivity index (χ2n) is 23.5. The van der Waals surface area contributed by atoms with Crippen LogP contribution in [0.3, 0.4) is 0 Å². The van der Waals surface area contributed by atoms with Crippen LogP contribution >= 0.6 is 23.4 Å². The highest BCUT2D eigenvalue weighted by Crippen LogP contribution is 2.45. The summed E-state index contributed by atoms with van der Waals surface area (Å²) in [5, 5.41) is 6.04. The molecule has 4 heterocycles. The Hall–Kier alpha value is -6.05. The lowest BCUT2D eigenvalue weighted by molar-refractivity contribution is -0.134. The highest BCUT2D eigenvalue weighted by molar-refractivity contribution is 7.99. The Morgan fingerprint density at radius 1 is 0.805 bits per heavy atom. The fraction of sp³-hybridized carbons (Fsp3) is 0.444. The fourth-order valence-corrected chi connectivity index (χ4v) is 15.6. The maximum atomic E-state index is 15.6. The van der Waals surface area contributed by atoms with Gasteiger partial charge in [0, 0.05) is 131 Å². The van der Waals surface area contributed by atoms with E-state index in [1.807, 2.05) is 47.2 Å². The number of allylic oxidation sites excluding steroid dienone is 1. The zero-order valence-corrected chi connectivity index (χ0v) is 51.7. The standard InChI is InChI=1S/C63H73ClF4N8O8S3/c1-62(43-74-29-33-76(34-30-74)57-20-12-46(38-55(57)65)54-18-21-59(77)70-61(54)79)24-22-53(44-8-13-48(64)14-9-44)47(40-62)41-73-27-31-75(32-28-73)50-15-10-45(11-16-50)60(78)71-87(82,83)52-17-19-56(58(39-52)86(80,81)63(66,67)68)69-49(42-85-51-6-3-2-4-7-51)23-26-72-25-5-36-84-37-35-72/h2-4,6-17,19-20,38-39,49,54,69H,5,18,21-37,40-43H2,1H3,(H,71,78)(H,70,77,79)/t49-,54?,62-/m1/s1. The molecule has 0 spiro atoms. The van der Waals surface area contributed by atoms with Gasteiger partial charge in [0.2, 0.25) is 11.8 Å². The molecule has 0 bridgehead atoms. The average molecular weight is 1280 g/mol. The van der Waals surface area contributed by atoms with Gasteiger partial charge in [-0.05, 0) is 140 Å². The number of sulfonamides is 1. The summed E-state index contributed by atoms with van der Waals surface area (Å²) < 4.78 is 120. The normalized spacial score (nSPS) is 21.1. The first-order valence-electron chi connectivity index (χ1n) is 29.5. The lowest BCUT2D eigenvalue weighted by Crippen LogP contribution is -2.50. The van der Waals surface area contributed by atoms with Crippen LogP contribution in [-0.4, -0.2) is 165 Å². The molecule has 1 aliphatic carbocycles. The number of thioether (sulfide) groups is 1. The largest absolute Gasteiger partial charge is 0.501 e. The predicted octanol–water partition coefficient (Wildman–Crippen LogP) is 9.68. The molecule has 5 aromatic rings. The highest BCUT2D eigenvalue weighted by Gasteiger charge is 2.49. The number of benzene rings is 5. The number of piperazine rings is 2. The number of rotatable bonds is 20. The number of sulfone groups is 1. The van der Waals surface area contributed by atoms with Gasteiger partial charge in [-0.1, -0.05) is 60.5 Å². The van der Waals surface area contributed by atoms with Crippen molar-refractivity contribution in [3.63, 3.8) is 0 Å². The van der Waals surface area contributed by atoms with Crippen molar-refractivity contribution < 1.29 is 53.5 Å². The first-order valence-corrected chi connectivity index (χ1v) is 33.8. The molecular formula is C63H73ClF4N8O8S3. The summed E-state index contributed by atoms with van der Waals surface area (Å²) >= 11 is 7.79. The van der Waals surface area contributed by atoms with Gasteiger partial charge in [0.25, 0.3) is 25.8 Å². The van der Waals surface area contributed by atoms with Crippen molar-refractivity contribution in [2.75, 3.05) is 119 Å². The summed E-state index contributed by atoms with van der Waals surface area (Å²) in [6, 6.07) is 30.6. The van der Waals surface area contributed by atoms with E-state index in [2.05, 4.69) is 54.2 Å². The van der Waals surface area contributed by atoms with E-state index in [0.29, 0.717) is 93.4 Å². The zero-order valence-electron chi connectivity index (χ0n) is 48.5. The van der Waals surface area contributed by atoms with Crippen LogP contribution in [-0.2, 0) is 34.2 Å². The van der Waals surface area contributed by atoms with E-state index in [-0.39, 0.29) is 29.1 Å². The molecular weight excluding hydrogens is 1200 g/mol. The molecule has 24 heteroatoms. The first kappa shape index (κ1) is 64.0. The Bertz CT molecular complexity index is 3530. The van der Waals surface area contributed by atoms with E-state index in [0.717, 1.165) is 99.8 Å². The number of carbonyl (C=O) groups is 3. The molecule has 3 N–H and O–H groups in total. The Labute approximate surface area is 516 Å². The van der Waals surface area contributed by atoms with Gasteiger partial charge in [0.1, 0.15) is 10.7 Å². The topological polar surface area (TPSA) is 181 Å². The summed E-state index contributed by atoms with van der Waals surface area (Å²) in [7, 11) is -11.0. The Kier molecular flexibility index (Phi) is 20.4. The van der Waals surface area contributed by atoms with Crippen LogP contribution in [0.5, 0.6) is 0 Å². The number of carbonyl (C=O) groups excluding carboxylic acids is 3. The van der Waals surface area contributed by atoms with Crippen LogP contribution in [0.1, 0.15) is 79.3 Å². The zero-order chi connectivity index (χ0) is 61.5. The van der Waals surface area contributed by atoms with Crippen molar-refractivity contribution in [1.82, 2.24) is 24.7 Å². The molecule has 0 aromatic heterocycles. The molecule has 4 fully saturated rings. The maximum absolute atomic E-state index is 15.6. The summed E-state index contributed by atoms with van der Waals surface area (Å²) in [6.45, 7) is 12.8. The number of alkyl halides is 3. The monoisotopic (exact) mass is 1280 g/mol. The molecule has 466 valence electrons. The lowest BCUT2D eigenvalue weighted by Gasteiger charge is -2.44. The average Bonchev–Trinajstić information content (AvgIpc) is 1.08. The van der Waals surface area contributed by atoms with E-state index < -0.39 is 64.6 Å². The SMILES string of the molecule is C[C@@]1(CN2CCN(c3ccc(C4CCC(=O)NC4=O)cc3F)CC2)CCC(c2ccc(Cl)cc2)=C(CN2CCN(c3ccc(C(=O)NS(=O)(=O)c4ccc(N[C@H](CCN5CCCOCC5)CSc5ccccc5)c(S(=O)(=O)C(F)(F)F)c4)cc3)CC2)C1. The van der Waals surface area contributed by atoms with Crippen LogP contribution in [0, 0.1) is 11.2 Å². The molecule has 3 atom stereocenters. The van der Waals surface area contributed by atoms with E-state index in [4.69, 9.17) is 16.3 Å². The summed E-state index contributed by atoms with van der Waals surface area (Å²) in [5.74, 6) is -2.33. The van der Waals surface area contributed by atoms with Crippen LogP contribution in [0.15, 0.2) is 136 Å². The third-order valence-corrected chi connectivity index (χ3v) is 21.5. The summed E-state index contributed by atoms with van der Waals surface area (Å²) in [4.78, 5) is 47.9. The summed E-state index contributed by atoms with van der Waals surface area (Å²) in [5.41, 5.74) is -0.507. The molecule has 0 saturated carbocycles. The van der Waals surface area contributed by atoms with Crippen molar-refractivity contribution in [3.8, 4) is 0 Å². The number of imide groups is 1. The lowest BCUT2D eigenvalue weighted by atomic mass is 9.71. The van der Waals surface area contributed by atoms with Crippen molar-refractivity contribution >= 4 is 83.6 Å². The number of piperidine rings is 1. The molecule has 0 radical (unpaired) electrons. The number of nitrogens with zero attached hydrogens (tertiary/aromatic N) is 5. The van der Waals surface area contributed by atoms with Gasteiger partial charge in [-0.25, -0.2) is 25.9 Å². The molecule has 3 amide bonds. The number of ether oxygens (including phenoxy) is 1. The van der Waals surface area contributed by atoms with Gasteiger partial charge in [0.15, 0.2) is 0 Å². The van der Waals surface area contributed by atoms with Crippen LogP contribution in [0.25, 0.3) is 5.57 Å². The van der Waals surface area contributed by atoms with Gasteiger partial charge in [-0.2, -0.15) is 13.2 Å². The van der Waals surface area contributed by atoms with Gasteiger partial charge in [-0.3, -0.25) is 29.5 Å². The Morgan fingerprint density at radius 3 is 2.22 bits per heavy atom. The molecule has 10 rings (SSSR count). The van der Waals surface area contributed by atoms with Gasteiger partial charge >= 0.3 is 5.51 Å². The molecule has 5 aliphatic rings. The van der Waals surface area contributed by atoms with E-state index in [1.54, 1.807) is 24.3 Å². The van der Waals surface area contributed by atoms with Crippen molar-refractivity contribution in [1.29, 1.82) is 0 Å². The smallest absolute Gasteiger partial charge is 0.380 e. The van der Waals surface area contributed by atoms with Gasteiger partial charge in [-0.15, -0.1) is 11.8 Å². The predicted molar refractivity (Wildman–Crippen MR) is 331 cm³/mol. The molecule has 4 aliphatic heterocycles. The van der Waals surface area contributed by atoms with E-state index in [1.165, 1.54) is 41.1 Å². The van der Waals surface area contributed by atoms with Crippen LogP contribution in [0.4, 0.5) is 34.6 Å². The minimum atomic E-state index is -6.10. The highest BCUT2D eigenvalue weighted by atomic mass is 35.5. The molecule has 87 heavy (non-hydrogen) atoms. The number of halogens is 5. The number of anilines is 3. The van der Waals surface area contributed by atoms with Crippen molar-refractivity contribution in [2.45, 2.75) is 84.0 Å². The summed E-state index contributed by atoms with van der Waals surface area (Å²) in [6.07, 6.45) is 4.60. The third kappa shape index (κ3) is 16.1. The van der Waals surface area contributed by atoms with Gasteiger partial charge < -0.3 is 24.8 Å². The van der Waals surface area contributed by atoms with Crippen molar-refractivity contribution in [2.24, 2.45) is 5.41 Å². The van der Waals surface area contributed by atoms with Crippen LogP contribution < -0.4 is 25.2 Å². The van der Waals surface area contributed by atoms with E-state index in [9.17, 15) is 44.4 Å². The maximum Gasteiger partial charge on any atom is 0.501 e. The first-order chi connectivity index (χ1) is 41.6. The number of hydrogen-bond acceptors (Lipinski definition) is 15. The Balaban J connectivity index is 0.758. The Morgan fingerprint density at radius 2 is 1.52 bits per heavy atom. The second-order valence-corrected chi connectivity index (χ2v) is 28.6. The molecule has 1 unspecified atom stereocenters. The molecule has 4 saturated heterocycles. The second kappa shape index (κ2) is 27.8. The number of nitrogens with one attached hydrogen (secondary N) is 3. The van der Waals surface area contributed by atoms with E-state index >= 15 is 4.39 Å². The molecule has 5 aromatic carbocycles. The van der Waals surface area contributed by atoms with Gasteiger partial charge in [0.05, 0.1) is 28.8 Å². The minimum absolute atomic E-state index is 0.0223. The fourth-order valence-electron chi connectivity index (χ4n) is 12.4. The third-order valence-electron chi connectivity index (χ3n) is 17.2.